The van der Waals surface area contributed by atoms with E-state index in [1.807, 2.05) is 0 Å². The second kappa shape index (κ2) is 6.35. The molecule has 2 heteroatoms. The summed E-state index contributed by atoms with van der Waals surface area (Å²) < 4.78 is 0. The standard InChI is InChI=1S/C16H26N2/c1-13(2)16-11-17-14(3)12-18(16)10-9-15-7-5-4-6-8-15/h4-8,13-14,16-17H,9-12H2,1-3H3. The average molecular weight is 246 g/mol. The average Bonchev–Trinajstić information content (AvgIpc) is 2.37. The molecular weight excluding hydrogens is 220 g/mol. The molecule has 0 spiro atoms. The van der Waals surface area contributed by atoms with Crippen LogP contribution in [0.3, 0.4) is 0 Å². The van der Waals surface area contributed by atoms with Crippen LogP contribution in [0.15, 0.2) is 30.3 Å². The summed E-state index contributed by atoms with van der Waals surface area (Å²) in [5.41, 5.74) is 1.45. The van der Waals surface area contributed by atoms with E-state index in [4.69, 9.17) is 0 Å². The minimum Gasteiger partial charge on any atom is -0.311 e. The fraction of sp³-hybridized carbons (Fsp3) is 0.625. The van der Waals surface area contributed by atoms with Crippen LogP contribution in [0.25, 0.3) is 0 Å². The van der Waals surface area contributed by atoms with Crippen molar-refractivity contribution in [3.05, 3.63) is 35.9 Å². The SMILES string of the molecule is CC1CN(CCc2ccccc2)C(C(C)C)CN1. The molecule has 1 aromatic carbocycles. The van der Waals surface area contributed by atoms with E-state index in [0.717, 1.165) is 18.9 Å². The van der Waals surface area contributed by atoms with Crippen LogP contribution in [0.4, 0.5) is 0 Å². The summed E-state index contributed by atoms with van der Waals surface area (Å²) >= 11 is 0. The van der Waals surface area contributed by atoms with Crippen molar-refractivity contribution < 1.29 is 0 Å². The largest absolute Gasteiger partial charge is 0.311 e. The van der Waals surface area contributed by atoms with Crippen LogP contribution in [-0.4, -0.2) is 36.6 Å². The summed E-state index contributed by atoms with van der Waals surface area (Å²) in [5.74, 6) is 0.723. The van der Waals surface area contributed by atoms with Gasteiger partial charge in [-0.3, -0.25) is 4.90 Å². The van der Waals surface area contributed by atoms with Gasteiger partial charge in [-0.15, -0.1) is 0 Å². The molecule has 1 saturated heterocycles. The maximum absolute atomic E-state index is 3.60. The molecule has 1 aromatic rings. The Morgan fingerprint density at radius 2 is 2.00 bits per heavy atom. The molecule has 0 amide bonds. The number of hydrogen-bond acceptors (Lipinski definition) is 2. The molecule has 2 nitrogen and oxygen atoms in total. The van der Waals surface area contributed by atoms with Gasteiger partial charge < -0.3 is 5.32 Å². The highest BCUT2D eigenvalue weighted by Crippen LogP contribution is 2.15. The highest BCUT2D eigenvalue weighted by Gasteiger charge is 2.27. The van der Waals surface area contributed by atoms with Gasteiger partial charge in [-0.05, 0) is 24.8 Å². The van der Waals surface area contributed by atoms with E-state index in [1.54, 1.807) is 0 Å². The second-order valence-corrected chi connectivity index (χ2v) is 5.85. The highest BCUT2D eigenvalue weighted by atomic mass is 15.2. The zero-order valence-electron chi connectivity index (χ0n) is 11.9. The summed E-state index contributed by atoms with van der Waals surface area (Å²) in [5, 5.41) is 3.60. The van der Waals surface area contributed by atoms with E-state index in [1.165, 1.54) is 18.7 Å². The van der Waals surface area contributed by atoms with Gasteiger partial charge in [0, 0.05) is 31.7 Å². The lowest BCUT2D eigenvalue weighted by Crippen LogP contribution is -2.57. The summed E-state index contributed by atoms with van der Waals surface area (Å²) in [7, 11) is 0. The smallest absolute Gasteiger partial charge is 0.0244 e. The van der Waals surface area contributed by atoms with Gasteiger partial charge in [0.25, 0.3) is 0 Å². The van der Waals surface area contributed by atoms with E-state index >= 15 is 0 Å². The third-order valence-electron chi connectivity index (χ3n) is 3.95. The molecule has 2 atom stereocenters. The molecule has 2 rings (SSSR count). The van der Waals surface area contributed by atoms with Gasteiger partial charge >= 0.3 is 0 Å². The Labute approximate surface area is 111 Å². The number of benzene rings is 1. The van der Waals surface area contributed by atoms with Gasteiger partial charge in [-0.2, -0.15) is 0 Å². The Kier molecular flexibility index (Phi) is 4.79. The molecule has 100 valence electrons. The lowest BCUT2D eigenvalue weighted by molar-refractivity contribution is 0.104. The van der Waals surface area contributed by atoms with Gasteiger partial charge in [0.2, 0.25) is 0 Å². The van der Waals surface area contributed by atoms with Crippen LogP contribution in [0, 0.1) is 5.92 Å². The zero-order chi connectivity index (χ0) is 13.0. The first-order valence-electron chi connectivity index (χ1n) is 7.18. The van der Waals surface area contributed by atoms with Crippen molar-refractivity contribution in [2.75, 3.05) is 19.6 Å². The van der Waals surface area contributed by atoms with Crippen molar-refractivity contribution in [1.82, 2.24) is 10.2 Å². The van der Waals surface area contributed by atoms with Gasteiger partial charge in [-0.25, -0.2) is 0 Å². The Bertz CT molecular complexity index is 347. The van der Waals surface area contributed by atoms with Gasteiger partial charge in [-0.1, -0.05) is 44.2 Å². The van der Waals surface area contributed by atoms with Crippen LogP contribution in [0.2, 0.25) is 0 Å². The van der Waals surface area contributed by atoms with E-state index in [2.05, 4.69) is 61.3 Å². The third-order valence-corrected chi connectivity index (χ3v) is 3.95. The fourth-order valence-electron chi connectivity index (χ4n) is 2.83. The first-order chi connectivity index (χ1) is 8.66. The normalized spacial score (nSPS) is 25.6. The molecule has 0 aliphatic carbocycles. The first kappa shape index (κ1) is 13.6. The van der Waals surface area contributed by atoms with Crippen LogP contribution < -0.4 is 5.32 Å². The predicted molar refractivity (Wildman–Crippen MR) is 77.8 cm³/mol. The monoisotopic (exact) mass is 246 g/mol. The summed E-state index contributed by atoms with van der Waals surface area (Å²) in [6, 6.07) is 12.1. The van der Waals surface area contributed by atoms with Crippen molar-refractivity contribution >= 4 is 0 Å². The summed E-state index contributed by atoms with van der Waals surface area (Å²) in [6.07, 6.45) is 1.16. The summed E-state index contributed by atoms with van der Waals surface area (Å²) in [4.78, 5) is 2.67. The first-order valence-corrected chi connectivity index (χ1v) is 7.18. The maximum atomic E-state index is 3.60. The zero-order valence-corrected chi connectivity index (χ0v) is 11.9. The lowest BCUT2D eigenvalue weighted by Gasteiger charge is -2.41. The minimum absolute atomic E-state index is 0.621. The number of hydrogen-bond donors (Lipinski definition) is 1. The maximum Gasteiger partial charge on any atom is 0.0244 e. The lowest BCUT2D eigenvalue weighted by atomic mass is 9.98. The van der Waals surface area contributed by atoms with Crippen LogP contribution >= 0.6 is 0 Å². The Morgan fingerprint density at radius 1 is 1.28 bits per heavy atom. The van der Waals surface area contributed by atoms with Crippen molar-refractivity contribution in [2.24, 2.45) is 5.92 Å². The number of rotatable bonds is 4. The van der Waals surface area contributed by atoms with Crippen LogP contribution in [0.1, 0.15) is 26.3 Å². The van der Waals surface area contributed by atoms with Gasteiger partial charge in [0.05, 0.1) is 0 Å². The molecule has 0 radical (unpaired) electrons. The van der Waals surface area contributed by atoms with Gasteiger partial charge in [0.15, 0.2) is 0 Å². The molecule has 18 heavy (non-hydrogen) atoms. The predicted octanol–water partition coefficient (Wildman–Crippen LogP) is 2.55. The molecule has 1 heterocycles. The van der Waals surface area contributed by atoms with Crippen LogP contribution in [0.5, 0.6) is 0 Å². The molecule has 0 aromatic heterocycles. The Hall–Kier alpha value is -0.860. The topological polar surface area (TPSA) is 15.3 Å². The summed E-state index contributed by atoms with van der Waals surface area (Å²) in [6.45, 7) is 10.4. The molecule has 1 fully saturated rings. The molecule has 0 saturated carbocycles. The van der Waals surface area contributed by atoms with E-state index in [0.29, 0.717) is 12.1 Å². The molecule has 0 bridgehead atoms. The van der Waals surface area contributed by atoms with E-state index < -0.39 is 0 Å². The fourth-order valence-corrected chi connectivity index (χ4v) is 2.83. The van der Waals surface area contributed by atoms with Crippen LogP contribution in [-0.2, 0) is 6.42 Å². The third kappa shape index (κ3) is 3.56. The minimum atomic E-state index is 0.621. The molecule has 2 unspecified atom stereocenters. The van der Waals surface area contributed by atoms with E-state index in [-0.39, 0.29) is 0 Å². The second-order valence-electron chi connectivity index (χ2n) is 5.85. The van der Waals surface area contributed by atoms with Gasteiger partial charge in [0.1, 0.15) is 0 Å². The van der Waals surface area contributed by atoms with Crippen molar-refractivity contribution in [3.8, 4) is 0 Å². The molecule has 1 aliphatic rings. The van der Waals surface area contributed by atoms with Crippen molar-refractivity contribution in [2.45, 2.75) is 39.3 Å². The Balaban J connectivity index is 1.92. The molecular formula is C16H26N2. The molecule has 1 aliphatic heterocycles. The van der Waals surface area contributed by atoms with Crippen molar-refractivity contribution in [1.29, 1.82) is 0 Å². The molecule has 1 N–H and O–H groups in total. The number of nitrogens with zero attached hydrogens (tertiary/aromatic N) is 1. The van der Waals surface area contributed by atoms with E-state index in [9.17, 15) is 0 Å². The Morgan fingerprint density at radius 3 is 2.67 bits per heavy atom. The number of nitrogens with one attached hydrogen (secondary N) is 1. The van der Waals surface area contributed by atoms with Crippen molar-refractivity contribution in [3.63, 3.8) is 0 Å². The quantitative estimate of drug-likeness (QED) is 0.878. The number of piperazine rings is 1. The highest BCUT2D eigenvalue weighted by molar-refractivity contribution is 5.15.